The van der Waals surface area contributed by atoms with Crippen molar-refractivity contribution >= 4 is 33.6 Å². The number of carbonyl (C=O) groups is 1. The van der Waals surface area contributed by atoms with Crippen LogP contribution in [0.15, 0.2) is 0 Å². The first kappa shape index (κ1) is 12.7. The maximum Gasteiger partial charge on any atom is 0.223 e. The minimum absolute atomic E-state index is 0.286. The fraction of sp³-hybridized carbons (Fsp3) is 0.917. The van der Waals surface area contributed by atoms with Crippen molar-refractivity contribution in [1.29, 1.82) is 0 Å². The third-order valence-corrected chi connectivity index (χ3v) is 5.85. The predicted molar refractivity (Wildman–Crippen MR) is 73.1 cm³/mol. The Morgan fingerprint density at radius 3 is 2.81 bits per heavy atom. The maximum atomic E-state index is 11.9. The quantitative estimate of drug-likeness (QED) is 0.809. The van der Waals surface area contributed by atoms with Crippen molar-refractivity contribution in [3.63, 3.8) is 0 Å². The average molecular weight is 306 g/mol. The number of nitrogens with one attached hydrogen (secondary N) is 1. The molecule has 0 aromatic carbocycles. The molecule has 16 heavy (non-hydrogen) atoms. The predicted octanol–water partition coefficient (Wildman–Crippen LogP) is 2.67. The minimum atomic E-state index is 0.286. The second-order valence-electron chi connectivity index (χ2n) is 4.91. The molecule has 1 heterocycles. The van der Waals surface area contributed by atoms with Gasteiger partial charge in [-0.2, -0.15) is 11.8 Å². The van der Waals surface area contributed by atoms with Gasteiger partial charge in [0, 0.05) is 23.5 Å². The Morgan fingerprint density at radius 1 is 1.31 bits per heavy atom. The molecular weight excluding hydrogens is 286 g/mol. The molecule has 2 aliphatic rings. The molecule has 1 saturated carbocycles. The second kappa shape index (κ2) is 6.29. The fourth-order valence-electron chi connectivity index (χ4n) is 2.70. The van der Waals surface area contributed by atoms with Crippen LogP contribution in [0.5, 0.6) is 0 Å². The van der Waals surface area contributed by atoms with E-state index in [0.29, 0.717) is 11.8 Å². The van der Waals surface area contributed by atoms with Crippen molar-refractivity contribution in [2.75, 3.05) is 23.4 Å². The van der Waals surface area contributed by atoms with Gasteiger partial charge in [0.1, 0.15) is 0 Å². The van der Waals surface area contributed by atoms with Crippen LogP contribution in [-0.4, -0.2) is 29.3 Å². The number of amides is 1. The van der Waals surface area contributed by atoms with E-state index < -0.39 is 0 Å². The summed E-state index contributed by atoms with van der Waals surface area (Å²) >= 11 is 5.48. The van der Waals surface area contributed by atoms with Gasteiger partial charge in [-0.1, -0.05) is 22.4 Å². The molecule has 2 rings (SSSR count). The molecular formula is C12H20BrNOS. The number of hydrogen-bond acceptors (Lipinski definition) is 2. The summed E-state index contributed by atoms with van der Waals surface area (Å²) in [4.78, 5) is 11.9. The van der Waals surface area contributed by atoms with Crippen molar-refractivity contribution in [1.82, 2.24) is 5.32 Å². The smallest absolute Gasteiger partial charge is 0.223 e. The summed E-state index contributed by atoms with van der Waals surface area (Å²) < 4.78 is 0. The van der Waals surface area contributed by atoms with Crippen LogP contribution in [-0.2, 0) is 4.79 Å². The Kier molecular flexibility index (Phi) is 5.01. The normalized spacial score (nSPS) is 34.2. The number of halogens is 1. The minimum Gasteiger partial charge on any atom is -0.356 e. The SMILES string of the molecule is O=C(NCC1CCCC1CBr)C1CCSC1. The molecule has 3 unspecified atom stereocenters. The largest absolute Gasteiger partial charge is 0.356 e. The first-order valence-electron chi connectivity index (χ1n) is 6.22. The van der Waals surface area contributed by atoms with E-state index in [2.05, 4.69) is 21.2 Å². The molecule has 1 N–H and O–H groups in total. The van der Waals surface area contributed by atoms with Crippen molar-refractivity contribution in [3.8, 4) is 0 Å². The molecule has 0 spiro atoms. The third-order valence-electron chi connectivity index (χ3n) is 3.85. The molecule has 4 heteroatoms. The summed E-state index contributed by atoms with van der Waals surface area (Å²) in [6.07, 6.45) is 5.01. The van der Waals surface area contributed by atoms with Crippen LogP contribution >= 0.6 is 27.7 Å². The Hall–Kier alpha value is 0.300. The summed E-state index contributed by atoms with van der Waals surface area (Å²) in [5, 5.41) is 4.25. The molecule has 2 nitrogen and oxygen atoms in total. The van der Waals surface area contributed by atoms with Crippen molar-refractivity contribution in [2.45, 2.75) is 25.7 Å². The van der Waals surface area contributed by atoms with Gasteiger partial charge in [-0.3, -0.25) is 4.79 Å². The molecule has 1 aliphatic carbocycles. The van der Waals surface area contributed by atoms with Gasteiger partial charge >= 0.3 is 0 Å². The lowest BCUT2D eigenvalue weighted by Crippen LogP contribution is -2.35. The number of thioether (sulfide) groups is 1. The van der Waals surface area contributed by atoms with E-state index in [-0.39, 0.29) is 5.92 Å². The van der Waals surface area contributed by atoms with E-state index in [1.54, 1.807) is 0 Å². The Labute approximate surface area is 110 Å². The molecule has 0 bridgehead atoms. The van der Waals surface area contributed by atoms with Crippen molar-refractivity contribution in [2.24, 2.45) is 17.8 Å². The van der Waals surface area contributed by atoms with Gasteiger partial charge in [0.05, 0.1) is 0 Å². The monoisotopic (exact) mass is 305 g/mol. The van der Waals surface area contributed by atoms with Crippen LogP contribution in [0, 0.1) is 17.8 Å². The topological polar surface area (TPSA) is 29.1 Å². The molecule has 1 amide bonds. The van der Waals surface area contributed by atoms with Gasteiger partial charge in [0.15, 0.2) is 0 Å². The number of rotatable bonds is 4. The molecule has 0 aromatic rings. The van der Waals surface area contributed by atoms with Gasteiger partial charge in [-0.05, 0) is 36.9 Å². The standard InChI is InChI=1S/C12H20BrNOS/c13-6-9-2-1-3-10(9)7-14-12(15)11-4-5-16-8-11/h9-11H,1-8H2,(H,14,15). The van der Waals surface area contributed by atoms with Crippen molar-refractivity contribution < 1.29 is 4.79 Å². The van der Waals surface area contributed by atoms with Crippen LogP contribution in [0.1, 0.15) is 25.7 Å². The van der Waals surface area contributed by atoms with E-state index in [9.17, 15) is 4.79 Å². The Balaban J connectivity index is 1.71. The highest BCUT2D eigenvalue weighted by molar-refractivity contribution is 9.09. The lowest BCUT2D eigenvalue weighted by molar-refractivity contribution is -0.124. The summed E-state index contributed by atoms with van der Waals surface area (Å²) in [7, 11) is 0. The van der Waals surface area contributed by atoms with Crippen LogP contribution < -0.4 is 5.32 Å². The average Bonchev–Trinajstić information content (AvgIpc) is 2.96. The second-order valence-corrected chi connectivity index (χ2v) is 6.71. The molecule has 0 radical (unpaired) electrons. The molecule has 92 valence electrons. The Bertz CT molecular complexity index is 243. The zero-order chi connectivity index (χ0) is 11.4. The number of alkyl halides is 1. The van der Waals surface area contributed by atoms with Gasteiger partial charge in [0.2, 0.25) is 5.91 Å². The Morgan fingerprint density at radius 2 is 2.12 bits per heavy atom. The highest BCUT2D eigenvalue weighted by Crippen LogP contribution is 2.32. The summed E-state index contributed by atoms with van der Waals surface area (Å²) in [6.45, 7) is 0.899. The van der Waals surface area contributed by atoms with Crippen LogP contribution in [0.25, 0.3) is 0 Å². The molecule has 2 fully saturated rings. The highest BCUT2D eigenvalue weighted by atomic mass is 79.9. The zero-order valence-electron chi connectivity index (χ0n) is 9.58. The molecule has 1 saturated heterocycles. The van der Waals surface area contributed by atoms with E-state index in [4.69, 9.17) is 0 Å². The highest BCUT2D eigenvalue weighted by Gasteiger charge is 2.28. The maximum absolute atomic E-state index is 11.9. The van der Waals surface area contributed by atoms with Crippen LogP contribution in [0.2, 0.25) is 0 Å². The van der Waals surface area contributed by atoms with Gasteiger partial charge < -0.3 is 5.32 Å². The molecule has 3 atom stereocenters. The summed E-state index contributed by atoms with van der Waals surface area (Å²) in [5.74, 6) is 4.25. The summed E-state index contributed by atoms with van der Waals surface area (Å²) in [5.41, 5.74) is 0. The first-order chi connectivity index (χ1) is 7.81. The zero-order valence-corrected chi connectivity index (χ0v) is 12.0. The molecule has 1 aliphatic heterocycles. The number of carbonyl (C=O) groups excluding carboxylic acids is 1. The van der Waals surface area contributed by atoms with Crippen LogP contribution in [0.4, 0.5) is 0 Å². The van der Waals surface area contributed by atoms with E-state index >= 15 is 0 Å². The molecule has 0 aromatic heterocycles. The summed E-state index contributed by atoms with van der Waals surface area (Å²) in [6, 6.07) is 0. The van der Waals surface area contributed by atoms with Gasteiger partial charge in [0.25, 0.3) is 0 Å². The number of hydrogen-bond donors (Lipinski definition) is 1. The van der Waals surface area contributed by atoms with E-state index in [1.807, 2.05) is 11.8 Å². The lowest BCUT2D eigenvalue weighted by atomic mass is 9.98. The van der Waals surface area contributed by atoms with Crippen molar-refractivity contribution in [3.05, 3.63) is 0 Å². The van der Waals surface area contributed by atoms with Crippen LogP contribution in [0.3, 0.4) is 0 Å². The first-order valence-corrected chi connectivity index (χ1v) is 8.50. The van der Waals surface area contributed by atoms with E-state index in [1.165, 1.54) is 19.3 Å². The lowest BCUT2D eigenvalue weighted by Gasteiger charge is -2.19. The van der Waals surface area contributed by atoms with Gasteiger partial charge in [-0.15, -0.1) is 0 Å². The fourth-order valence-corrected chi connectivity index (χ4v) is 4.78. The van der Waals surface area contributed by atoms with E-state index in [0.717, 1.165) is 35.7 Å². The van der Waals surface area contributed by atoms with Gasteiger partial charge in [-0.25, -0.2) is 0 Å². The third kappa shape index (κ3) is 3.16.